The number of nitrogens with zero attached hydrogens (tertiary/aromatic N) is 3. The van der Waals surface area contributed by atoms with Gasteiger partial charge >= 0.3 is 0 Å². The van der Waals surface area contributed by atoms with E-state index in [1.54, 1.807) is 11.3 Å². The summed E-state index contributed by atoms with van der Waals surface area (Å²) in [7, 11) is 0. The van der Waals surface area contributed by atoms with Crippen molar-refractivity contribution >= 4 is 39.7 Å². The van der Waals surface area contributed by atoms with Gasteiger partial charge in [0.1, 0.15) is 0 Å². The second kappa shape index (κ2) is 7.53. The Kier molecular flexibility index (Phi) is 4.71. The summed E-state index contributed by atoms with van der Waals surface area (Å²) in [5, 5.41) is 4.82. The second-order valence-corrected chi connectivity index (χ2v) is 8.45. The fraction of sp³-hybridized carbons (Fsp3) is 0.273. The predicted molar refractivity (Wildman–Crippen MR) is 114 cm³/mol. The zero-order chi connectivity index (χ0) is 20.7. The number of likely N-dealkylation sites (tertiary alicyclic amines) is 1. The van der Waals surface area contributed by atoms with E-state index in [1.165, 1.54) is 4.90 Å². The summed E-state index contributed by atoms with van der Waals surface area (Å²) in [5.74, 6) is -1.02. The molecule has 2 aliphatic rings. The lowest BCUT2D eigenvalue weighted by molar-refractivity contribution is -0.140. The first-order valence-electron chi connectivity index (χ1n) is 9.93. The summed E-state index contributed by atoms with van der Waals surface area (Å²) < 4.78 is 1.98. The lowest BCUT2D eigenvalue weighted by Crippen LogP contribution is -2.34. The summed E-state index contributed by atoms with van der Waals surface area (Å²) in [5.41, 5.74) is 2.51. The molecule has 152 valence electrons. The van der Waals surface area contributed by atoms with Gasteiger partial charge in [0, 0.05) is 42.0 Å². The molecule has 1 aliphatic carbocycles. The van der Waals surface area contributed by atoms with Gasteiger partial charge in [0.2, 0.25) is 17.7 Å². The van der Waals surface area contributed by atoms with Gasteiger partial charge in [0.25, 0.3) is 0 Å². The van der Waals surface area contributed by atoms with E-state index >= 15 is 0 Å². The number of hydrogen-bond acceptors (Lipinski definition) is 5. The van der Waals surface area contributed by atoms with Crippen LogP contribution >= 0.6 is 11.3 Å². The van der Waals surface area contributed by atoms with Crippen molar-refractivity contribution in [3.05, 3.63) is 54.2 Å². The lowest BCUT2D eigenvalue weighted by atomic mass is 9.85. The molecule has 0 radical (unpaired) electrons. The van der Waals surface area contributed by atoms with E-state index in [9.17, 15) is 14.4 Å². The molecule has 1 N–H and O–H groups in total. The largest absolute Gasteiger partial charge is 0.326 e. The molecule has 0 unspecified atom stereocenters. The molecule has 1 aromatic carbocycles. The number of amides is 3. The Morgan fingerprint density at radius 3 is 2.47 bits per heavy atom. The molecule has 3 aromatic rings. The van der Waals surface area contributed by atoms with Gasteiger partial charge in [-0.2, -0.15) is 0 Å². The van der Waals surface area contributed by atoms with Crippen LogP contribution in [0.25, 0.3) is 16.2 Å². The van der Waals surface area contributed by atoms with Crippen LogP contribution in [-0.4, -0.2) is 38.6 Å². The van der Waals surface area contributed by atoms with Crippen molar-refractivity contribution in [2.24, 2.45) is 11.8 Å². The summed E-state index contributed by atoms with van der Waals surface area (Å²) in [6.07, 6.45) is 9.16. The average molecular weight is 420 g/mol. The van der Waals surface area contributed by atoms with Crippen LogP contribution in [0.2, 0.25) is 0 Å². The molecule has 3 heterocycles. The lowest BCUT2D eigenvalue weighted by Gasteiger charge is -2.14. The molecule has 30 heavy (non-hydrogen) atoms. The predicted octanol–water partition coefficient (Wildman–Crippen LogP) is 3.34. The minimum Gasteiger partial charge on any atom is -0.326 e. The number of anilines is 1. The maximum atomic E-state index is 12.5. The SMILES string of the molecule is O=C(CCN1C(=O)[C@H]2CC=CC[C@@H]2C1=O)Nc1ccc(-c2cn3ccsc3n2)cc1. The number of carbonyl (C=O) groups is 3. The van der Waals surface area contributed by atoms with Crippen molar-refractivity contribution in [1.29, 1.82) is 0 Å². The highest BCUT2D eigenvalue weighted by molar-refractivity contribution is 7.15. The maximum absolute atomic E-state index is 12.5. The molecule has 1 fully saturated rings. The van der Waals surface area contributed by atoms with Crippen molar-refractivity contribution in [3.8, 4) is 11.3 Å². The number of thiazole rings is 1. The topological polar surface area (TPSA) is 83.8 Å². The number of benzene rings is 1. The van der Waals surface area contributed by atoms with Crippen LogP contribution in [0.4, 0.5) is 5.69 Å². The highest BCUT2D eigenvalue weighted by Crippen LogP contribution is 2.35. The number of fused-ring (bicyclic) bond motifs is 2. The van der Waals surface area contributed by atoms with Crippen molar-refractivity contribution in [1.82, 2.24) is 14.3 Å². The average Bonchev–Trinajstić information content (AvgIpc) is 3.42. The van der Waals surface area contributed by atoms with Gasteiger partial charge < -0.3 is 5.32 Å². The number of nitrogens with one attached hydrogen (secondary N) is 1. The number of rotatable bonds is 5. The number of hydrogen-bond donors (Lipinski definition) is 1. The summed E-state index contributed by atoms with van der Waals surface area (Å²) in [6, 6.07) is 7.47. The van der Waals surface area contributed by atoms with E-state index < -0.39 is 0 Å². The number of aromatic nitrogens is 2. The van der Waals surface area contributed by atoms with E-state index in [4.69, 9.17) is 0 Å². The first-order chi connectivity index (χ1) is 14.6. The van der Waals surface area contributed by atoms with E-state index in [-0.39, 0.29) is 42.5 Å². The monoisotopic (exact) mass is 420 g/mol. The van der Waals surface area contributed by atoms with Gasteiger partial charge in [0.15, 0.2) is 4.96 Å². The van der Waals surface area contributed by atoms with Gasteiger partial charge in [-0.3, -0.25) is 23.7 Å². The molecule has 7 nitrogen and oxygen atoms in total. The Bertz CT molecular complexity index is 1110. The zero-order valence-electron chi connectivity index (χ0n) is 16.2. The quantitative estimate of drug-likeness (QED) is 0.507. The summed E-state index contributed by atoms with van der Waals surface area (Å²) >= 11 is 1.58. The molecule has 0 spiro atoms. The highest BCUT2D eigenvalue weighted by atomic mass is 32.1. The van der Waals surface area contributed by atoms with E-state index in [2.05, 4.69) is 10.3 Å². The number of imide groups is 1. The van der Waals surface area contributed by atoms with Crippen LogP contribution in [0.1, 0.15) is 19.3 Å². The molecule has 1 saturated heterocycles. The van der Waals surface area contributed by atoms with Crippen LogP contribution in [0.3, 0.4) is 0 Å². The van der Waals surface area contributed by atoms with Crippen LogP contribution in [0.5, 0.6) is 0 Å². The fourth-order valence-corrected chi connectivity index (χ4v) is 4.82. The van der Waals surface area contributed by atoms with E-state index in [0.717, 1.165) is 16.2 Å². The molecule has 8 heteroatoms. The fourth-order valence-electron chi connectivity index (χ4n) is 4.12. The third kappa shape index (κ3) is 3.33. The van der Waals surface area contributed by atoms with Gasteiger partial charge in [0.05, 0.1) is 17.5 Å². The smallest absolute Gasteiger partial charge is 0.233 e. The molecule has 0 saturated carbocycles. The molecule has 5 rings (SSSR count). The zero-order valence-corrected chi connectivity index (χ0v) is 17.0. The second-order valence-electron chi connectivity index (χ2n) is 7.58. The minimum absolute atomic E-state index is 0.0867. The van der Waals surface area contributed by atoms with Crippen molar-refractivity contribution in [2.45, 2.75) is 19.3 Å². The van der Waals surface area contributed by atoms with Gasteiger partial charge in [-0.05, 0) is 25.0 Å². The number of carbonyl (C=O) groups excluding carboxylic acids is 3. The Morgan fingerprint density at radius 2 is 1.80 bits per heavy atom. The Balaban J connectivity index is 1.18. The minimum atomic E-state index is -0.253. The molecule has 2 aromatic heterocycles. The van der Waals surface area contributed by atoms with Gasteiger partial charge in [-0.25, -0.2) is 4.98 Å². The van der Waals surface area contributed by atoms with Crippen molar-refractivity contribution in [2.75, 3.05) is 11.9 Å². The Labute approximate surface area is 177 Å². The third-order valence-electron chi connectivity index (χ3n) is 5.72. The number of imidazole rings is 1. The van der Waals surface area contributed by atoms with Crippen LogP contribution < -0.4 is 5.32 Å². The Hall–Kier alpha value is -3.26. The van der Waals surface area contributed by atoms with Crippen LogP contribution in [0, 0.1) is 11.8 Å². The summed E-state index contributed by atoms with van der Waals surface area (Å²) in [6.45, 7) is 0.125. The normalized spacial score (nSPS) is 20.7. The third-order valence-corrected chi connectivity index (χ3v) is 6.49. The molecule has 1 aliphatic heterocycles. The molecular formula is C22H20N4O3S. The van der Waals surface area contributed by atoms with E-state index in [0.29, 0.717) is 18.5 Å². The van der Waals surface area contributed by atoms with Crippen molar-refractivity contribution < 1.29 is 14.4 Å². The molecular weight excluding hydrogens is 400 g/mol. The first-order valence-corrected chi connectivity index (χ1v) is 10.8. The van der Waals surface area contributed by atoms with Crippen LogP contribution in [0.15, 0.2) is 54.2 Å². The standard InChI is InChI=1S/C22H20N4O3S/c27-19(9-10-26-20(28)16-3-1-2-4-17(16)21(26)29)23-15-7-5-14(6-8-15)18-13-25-11-12-30-22(25)24-18/h1-2,5-8,11-13,16-17H,3-4,9-10H2,(H,23,27)/t16-,17-/m0/s1. The maximum Gasteiger partial charge on any atom is 0.233 e. The highest BCUT2D eigenvalue weighted by Gasteiger charge is 2.46. The van der Waals surface area contributed by atoms with Gasteiger partial charge in [-0.1, -0.05) is 24.3 Å². The van der Waals surface area contributed by atoms with Crippen LogP contribution in [-0.2, 0) is 14.4 Å². The Morgan fingerprint density at radius 1 is 1.10 bits per heavy atom. The molecule has 3 amide bonds. The van der Waals surface area contributed by atoms with E-state index in [1.807, 2.05) is 58.6 Å². The first kappa shape index (κ1) is 18.7. The summed E-state index contributed by atoms with van der Waals surface area (Å²) in [4.78, 5) is 44.1. The van der Waals surface area contributed by atoms with Gasteiger partial charge in [-0.15, -0.1) is 11.3 Å². The number of allylic oxidation sites excluding steroid dienone is 2. The molecule has 2 atom stereocenters. The van der Waals surface area contributed by atoms with Crippen molar-refractivity contribution in [3.63, 3.8) is 0 Å². The molecule has 0 bridgehead atoms.